The fourth-order valence-corrected chi connectivity index (χ4v) is 4.68. The highest BCUT2D eigenvalue weighted by Gasteiger charge is 2.28. The number of amides is 2. The Morgan fingerprint density at radius 1 is 0.914 bits per heavy atom. The predicted octanol–water partition coefficient (Wildman–Crippen LogP) is 5.16. The summed E-state index contributed by atoms with van der Waals surface area (Å²) in [6.07, 6.45) is 3.42. The molecule has 2 aromatic carbocycles. The molecule has 0 N–H and O–H groups in total. The number of fused-ring (bicyclic) bond motifs is 2. The molecule has 0 unspecified atom stereocenters. The van der Waals surface area contributed by atoms with E-state index in [0.29, 0.717) is 32.7 Å². The smallest absolute Gasteiger partial charge is 0.414 e. The highest BCUT2D eigenvalue weighted by Crippen LogP contribution is 2.32. The first-order chi connectivity index (χ1) is 16.7. The number of rotatable bonds is 4. The number of carbonyl (C=O) groups excluding carboxylic acids is 2. The van der Waals surface area contributed by atoms with Crippen molar-refractivity contribution in [3.63, 3.8) is 0 Å². The van der Waals surface area contributed by atoms with E-state index in [0.717, 1.165) is 42.7 Å². The maximum absolute atomic E-state index is 13.0. The molecule has 4 rings (SSSR count). The molecule has 0 aliphatic carbocycles. The number of methoxy groups -OCH3 is 1. The zero-order valence-electron chi connectivity index (χ0n) is 21.3. The van der Waals surface area contributed by atoms with Crippen molar-refractivity contribution in [3.8, 4) is 5.75 Å². The lowest BCUT2D eigenvalue weighted by molar-refractivity contribution is 0.0258. The van der Waals surface area contributed by atoms with Gasteiger partial charge in [0.15, 0.2) is 0 Å². The third-order valence-electron chi connectivity index (χ3n) is 6.44. The van der Waals surface area contributed by atoms with E-state index in [1.165, 1.54) is 16.7 Å². The van der Waals surface area contributed by atoms with Gasteiger partial charge in [0, 0.05) is 26.1 Å². The van der Waals surface area contributed by atoms with Crippen molar-refractivity contribution in [2.75, 3.05) is 38.3 Å². The topological polar surface area (TPSA) is 68.3 Å². The molecule has 0 saturated heterocycles. The molecule has 0 aromatic heterocycles. The van der Waals surface area contributed by atoms with Crippen LogP contribution in [-0.4, -0.2) is 56.0 Å². The van der Waals surface area contributed by atoms with Crippen LogP contribution in [-0.2, 0) is 35.2 Å². The lowest BCUT2D eigenvalue weighted by Crippen LogP contribution is -2.38. The van der Waals surface area contributed by atoms with Gasteiger partial charge in [-0.3, -0.25) is 4.90 Å². The van der Waals surface area contributed by atoms with E-state index in [1.807, 2.05) is 45.0 Å². The predicted molar refractivity (Wildman–Crippen MR) is 135 cm³/mol. The first-order valence-corrected chi connectivity index (χ1v) is 12.4. The van der Waals surface area contributed by atoms with E-state index in [2.05, 4.69) is 12.1 Å². The van der Waals surface area contributed by atoms with E-state index in [-0.39, 0.29) is 12.2 Å². The third-order valence-corrected chi connectivity index (χ3v) is 6.44. The van der Waals surface area contributed by atoms with Gasteiger partial charge < -0.3 is 19.1 Å². The second-order valence-corrected chi connectivity index (χ2v) is 10.2. The Kier molecular flexibility index (Phi) is 7.53. The van der Waals surface area contributed by atoms with Crippen molar-refractivity contribution < 1.29 is 23.8 Å². The van der Waals surface area contributed by atoms with Crippen LogP contribution in [0.3, 0.4) is 0 Å². The number of ether oxygens (including phenoxy) is 3. The average molecular weight is 481 g/mol. The monoisotopic (exact) mass is 480 g/mol. The Hall–Kier alpha value is -3.22. The standard InChI is InChI=1S/C28H36N2O5/c1-28(2,3)35-26(31)29-14-10-21-18-23-8-6-13-30(25(23)19-22(21)11-15-29)27(32)34-16-12-20-7-5-9-24(17-20)33-4/h5,7,9,17-19H,6,8,10-16H2,1-4H3. The highest BCUT2D eigenvalue weighted by atomic mass is 16.6. The summed E-state index contributed by atoms with van der Waals surface area (Å²) < 4.78 is 16.5. The molecule has 2 amide bonds. The number of hydrogen-bond donors (Lipinski definition) is 0. The molecule has 7 nitrogen and oxygen atoms in total. The Morgan fingerprint density at radius 2 is 1.66 bits per heavy atom. The second kappa shape index (κ2) is 10.6. The van der Waals surface area contributed by atoms with Crippen molar-refractivity contribution in [2.45, 2.75) is 58.5 Å². The molecule has 2 heterocycles. The van der Waals surface area contributed by atoms with Crippen LogP contribution in [0, 0.1) is 0 Å². The van der Waals surface area contributed by atoms with Gasteiger partial charge in [0.25, 0.3) is 0 Å². The SMILES string of the molecule is COc1cccc(CCOC(=O)N2CCCc3cc4c(cc32)CCN(C(=O)OC(C)(C)C)CC4)c1. The van der Waals surface area contributed by atoms with Crippen molar-refractivity contribution in [3.05, 3.63) is 58.7 Å². The van der Waals surface area contributed by atoms with Gasteiger partial charge in [-0.1, -0.05) is 18.2 Å². The van der Waals surface area contributed by atoms with Crippen LogP contribution in [0.25, 0.3) is 0 Å². The molecular formula is C28H36N2O5. The molecule has 188 valence electrons. The van der Waals surface area contributed by atoms with Crippen LogP contribution >= 0.6 is 0 Å². The molecule has 0 radical (unpaired) electrons. The molecule has 0 fully saturated rings. The molecule has 2 aliphatic heterocycles. The molecule has 35 heavy (non-hydrogen) atoms. The lowest BCUT2D eigenvalue weighted by Gasteiger charge is -2.30. The number of benzene rings is 2. The highest BCUT2D eigenvalue weighted by molar-refractivity contribution is 5.89. The second-order valence-electron chi connectivity index (χ2n) is 10.2. The fraction of sp³-hybridized carbons (Fsp3) is 0.500. The number of nitrogens with zero attached hydrogens (tertiary/aromatic N) is 2. The van der Waals surface area contributed by atoms with Gasteiger partial charge in [0.2, 0.25) is 0 Å². The van der Waals surface area contributed by atoms with Crippen LogP contribution < -0.4 is 9.64 Å². The zero-order valence-corrected chi connectivity index (χ0v) is 21.3. The van der Waals surface area contributed by atoms with Crippen molar-refractivity contribution in [1.82, 2.24) is 4.90 Å². The third kappa shape index (κ3) is 6.27. The summed E-state index contributed by atoms with van der Waals surface area (Å²) in [4.78, 5) is 29.1. The maximum atomic E-state index is 13.0. The van der Waals surface area contributed by atoms with Crippen molar-refractivity contribution >= 4 is 17.9 Å². The Morgan fingerprint density at radius 3 is 2.37 bits per heavy atom. The lowest BCUT2D eigenvalue weighted by atomic mass is 9.93. The van der Waals surface area contributed by atoms with Gasteiger partial charge in [0.05, 0.1) is 19.4 Å². The van der Waals surface area contributed by atoms with Gasteiger partial charge in [-0.05, 0) is 86.9 Å². The molecule has 2 aliphatic rings. The zero-order chi connectivity index (χ0) is 25.0. The van der Waals surface area contributed by atoms with Gasteiger partial charge in [-0.15, -0.1) is 0 Å². The minimum absolute atomic E-state index is 0.267. The summed E-state index contributed by atoms with van der Waals surface area (Å²) in [5.41, 5.74) is 5.10. The Balaban J connectivity index is 1.41. The summed E-state index contributed by atoms with van der Waals surface area (Å²) in [5.74, 6) is 0.796. The molecule has 0 atom stereocenters. The van der Waals surface area contributed by atoms with Gasteiger partial charge >= 0.3 is 12.2 Å². The maximum Gasteiger partial charge on any atom is 0.414 e. The first-order valence-electron chi connectivity index (χ1n) is 12.4. The summed E-state index contributed by atoms with van der Waals surface area (Å²) in [5, 5.41) is 0. The molecule has 0 spiro atoms. The minimum atomic E-state index is -0.511. The van der Waals surface area contributed by atoms with Crippen LogP contribution in [0.4, 0.5) is 15.3 Å². The van der Waals surface area contributed by atoms with Crippen LogP contribution in [0.1, 0.15) is 49.4 Å². The Labute approximate surface area is 207 Å². The van der Waals surface area contributed by atoms with E-state index in [1.54, 1.807) is 16.9 Å². The van der Waals surface area contributed by atoms with Crippen LogP contribution in [0.2, 0.25) is 0 Å². The van der Waals surface area contributed by atoms with E-state index >= 15 is 0 Å². The number of aryl methyl sites for hydroxylation is 1. The van der Waals surface area contributed by atoms with E-state index in [4.69, 9.17) is 14.2 Å². The largest absolute Gasteiger partial charge is 0.497 e. The molecule has 0 saturated carbocycles. The molecular weight excluding hydrogens is 444 g/mol. The average Bonchev–Trinajstić information content (AvgIpc) is 3.03. The summed E-state index contributed by atoms with van der Waals surface area (Å²) >= 11 is 0. The molecule has 7 heteroatoms. The quantitative estimate of drug-likeness (QED) is 0.604. The summed E-state index contributed by atoms with van der Waals surface area (Å²) in [6, 6.07) is 12.1. The summed E-state index contributed by atoms with van der Waals surface area (Å²) in [6.45, 7) is 7.85. The van der Waals surface area contributed by atoms with E-state index < -0.39 is 5.60 Å². The molecule has 2 aromatic rings. The van der Waals surface area contributed by atoms with Gasteiger partial charge in [-0.25, -0.2) is 9.59 Å². The fourth-order valence-electron chi connectivity index (χ4n) is 4.68. The van der Waals surface area contributed by atoms with Crippen LogP contribution in [0.15, 0.2) is 36.4 Å². The first kappa shape index (κ1) is 24.9. The molecule has 0 bridgehead atoms. The van der Waals surface area contributed by atoms with E-state index in [9.17, 15) is 9.59 Å². The number of hydrogen-bond acceptors (Lipinski definition) is 5. The normalized spacial score (nSPS) is 15.5. The van der Waals surface area contributed by atoms with Crippen molar-refractivity contribution in [1.29, 1.82) is 0 Å². The van der Waals surface area contributed by atoms with Crippen molar-refractivity contribution in [2.24, 2.45) is 0 Å². The van der Waals surface area contributed by atoms with Gasteiger partial charge in [0.1, 0.15) is 11.4 Å². The number of anilines is 1. The Bertz CT molecular complexity index is 1080. The van der Waals surface area contributed by atoms with Gasteiger partial charge in [-0.2, -0.15) is 0 Å². The minimum Gasteiger partial charge on any atom is -0.497 e. The van der Waals surface area contributed by atoms with Crippen LogP contribution in [0.5, 0.6) is 5.75 Å². The summed E-state index contributed by atoms with van der Waals surface area (Å²) in [7, 11) is 1.64. The number of carbonyl (C=O) groups is 2.